The summed E-state index contributed by atoms with van der Waals surface area (Å²) in [6.45, 7) is 4.61. The molecule has 0 amide bonds. The maximum Gasteiger partial charge on any atom is 0.153 e. The van der Waals surface area contributed by atoms with E-state index in [9.17, 15) is 0 Å². The van der Waals surface area contributed by atoms with Crippen LogP contribution in [0.3, 0.4) is 0 Å². The SMILES string of the molecule is C1=Nc2ccccc2Oc2cccc(N3CCN4CCC[C@@H]4C3)c21. The zero-order valence-electron chi connectivity index (χ0n) is 13.7. The van der Waals surface area contributed by atoms with Crippen LogP contribution in [0, 0.1) is 0 Å². The second-order valence-electron chi connectivity index (χ2n) is 6.79. The van der Waals surface area contributed by atoms with Gasteiger partial charge in [-0.1, -0.05) is 18.2 Å². The number of nitrogens with zero attached hydrogens (tertiary/aromatic N) is 3. The van der Waals surface area contributed by atoms with Crippen LogP contribution < -0.4 is 9.64 Å². The third-order valence-electron chi connectivity index (χ3n) is 5.39. The van der Waals surface area contributed by atoms with Crippen molar-refractivity contribution in [2.75, 3.05) is 31.1 Å². The van der Waals surface area contributed by atoms with Gasteiger partial charge in [0.2, 0.25) is 0 Å². The predicted molar refractivity (Wildman–Crippen MR) is 97.0 cm³/mol. The van der Waals surface area contributed by atoms with Gasteiger partial charge in [-0.2, -0.15) is 0 Å². The number of hydrogen-bond acceptors (Lipinski definition) is 4. The monoisotopic (exact) mass is 319 g/mol. The van der Waals surface area contributed by atoms with Gasteiger partial charge in [0, 0.05) is 37.6 Å². The Labute approximate surface area is 142 Å². The van der Waals surface area contributed by atoms with Gasteiger partial charge in [-0.15, -0.1) is 0 Å². The number of benzene rings is 2. The Balaban J connectivity index is 1.52. The fourth-order valence-corrected chi connectivity index (χ4v) is 4.14. The van der Waals surface area contributed by atoms with Crippen molar-refractivity contribution in [1.29, 1.82) is 0 Å². The summed E-state index contributed by atoms with van der Waals surface area (Å²) in [6, 6.07) is 15.0. The normalized spacial score (nSPS) is 22.3. The lowest BCUT2D eigenvalue weighted by Crippen LogP contribution is -2.50. The van der Waals surface area contributed by atoms with Gasteiger partial charge in [-0.3, -0.25) is 9.89 Å². The number of rotatable bonds is 1. The smallest absolute Gasteiger partial charge is 0.153 e. The first-order valence-electron chi connectivity index (χ1n) is 8.81. The highest BCUT2D eigenvalue weighted by molar-refractivity contribution is 5.94. The molecule has 0 aromatic heterocycles. The highest BCUT2D eigenvalue weighted by Crippen LogP contribution is 2.39. The first-order valence-corrected chi connectivity index (χ1v) is 8.81. The van der Waals surface area contributed by atoms with E-state index in [0.29, 0.717) is 6.04 Å². The Morgan fingerprint density at radius 1 is 0.958 bits per heavy atom. The zero-order valence-corrected chi connectivity index (χ0v) is 13.7. The van der Waals surface area contributed by atoms with E-state index in [1.54, 1.807) is 0 Å². The molecule has 4 nitrogen and oxygen atoms in total. The molecule has 0 N–H and O–H groups in total. The number of aliphatic imine (C=N–C) groups is 1. The van der Waals surface area contributed by atoms with Gasteiger partial charge in [0.15, 0.2) is 5.75 Å². The highest BCUT2D eigenvalue weighted by atomic mass is 16.5. The largest absolute Gasteiger partial charge is 0.454 e. The van der Waals surface area contributed by atoms with Crippen LogP contribution in [-0.2, 0) is 0 Å². The van der Waals surface area contributed by atoms with Crippen LogP contribution in [0.5, 0.6) is 11.5 Å². The van der Waals surface area contributed by atoms with Gasteiger partial charge in [0.1, 0.15) is 11.4 Å². The van der Waals surface area contributed by atoms with E-state index in [1.165, 1.54) is 25.1 Å². The van der Waals surface area contributed by atoms with Gasteiger partial charge in [0.25, 0.3) is 0 Å². The third-order valence-corrected chi connectivity index (χ3v) is 5.39. The lowest BCUT2D eigenvalue weighted by molar-refractivity contribution is 0.231. The van der Waals surface area contributed by atoms with Crippen molar-refractivity contribution in [3.05, 3.63) is 48.0 Å². The third kappa shape index (κ3) is 2.29. The summed E-state index contributed by atoms with van der Waals surface area (Å²) in [6.07, 6.45) is 4.63. The first kappa shape index (κ1) is 14.1. The second kappa shape index (κ2) is 5.64. The van der Waals surface area contributed by atoms with Crippen LogP contribution in [0.15, 0.2) is 47.5 Å². The Kier molecular flexibility index (Phi) is 3.30. The van der Waals surface area contributed by atoms with Crippen LogP contribution in [0.1, 0.15) is 18.4 Å². The van der Waals surface area contributed by atoms with Gasteiger partial charge in [0.05, 0.1) is 5.56 Å². The molecule has 2 fully saturated rings. The molecule has 0 saturated carbocycles. The molecule has 24 heavy (non-hydrogen) atoms. The minimum Gasteiger partial charge on any atom is -0.454 e. The van der Waals surface area contributed by atoms with Crippen LogP contribution >= 0.6 is 0 Å². The maximum atomic E-state index is 6.16. The van der Waals surface area contributed by atoms with Crippen molar-refractivity contribution in [2.45, 2.75) is 18.9 Å². The van der Waals surface area contributed by atoms with Crippen LogP contribution in [0.25, 0.3) is 0 Å². The van der Waals surface area contributed by atoms with E-state index in [0.717, 1.165) is 42.4 Å². The number of para-hydroxylation sites is 2. The van der Waals surface area contributed by atoms with E-state index in [1.807, 2.05) is 36.5 Å². The quantitative estimate of drug-likeness (QED) is 0.682. The maximum absolute atomic E-state index is 6.16. The summed E-state index contributed by atoms with van der Waals surface area (Å²) >= 11 is 0. The minimum atomic E-state index is 0.704. The molecular weight excluding hydrogens is 298 g/mol. The summed E-state index contributed by atoms with van der Waals surface area (Å²) in [5, 5.41) is 0. The molecule has 3 heterocycles. The van der Waals surface area contributed by atoms with E-state index in [4.69, 9.17) is 4.74 Å². The molecule has 122 valence electrons. The summed E-state index contributed by atoms with van der Waals surface area (Å²) in [5.41, 5.74) is 3.23. The standard InChI is InChI=1S/C20H21N3O/c1-2-8-20-17(6-1)21-13-16-18(7-3-9-19(16)24-20)23-12-11-22-10-4-5-15(22)14-23/h1-3,6-9,13,15H,4-5,10-12,14H2/t15-/m1/s1. The Morgan fingerprint density at radius 3 is 2.88 bits per heavy atom. The minimum absolute atomic E-state index is 0.704. The van der Waals surface area contributed by atoms with Crippen molar-refractivity contribution >= 4 is 17.6 Å². The molecule has 0 aliphatic carbocycles. The lowest BCUT2D eigenvalue weighted by atomic mass is 10.1. The molecule has 0 bridgehead atoms. The summed E-state index contributed by atoms with van der Waals surface area (Å²) in [7, 11) is 0. The van der Waals surface area contributed by atoms with Crippen LogP contribution in [0.2, 0.25) is 0 Å². The van der Waals surface area contributed by atoms with E-state index in [2.05, 4.69) is 26.9 Å². The molecule has 0 unspecified atom stereocenters. The van der Waals surface area contributed by atoms with E-state index < -0.39 is 0 Å². The molecule has 2 aromatic carbocycles. The van der Waals surface area contributed by atoms with E-state index >= 15 is 0 Å². The Hall–Kier alpha value is -2.33. The summed E-state index contributed by atoms with van der Waals surface area (Å²) in [4.78, 5) is 9.81. The van der Waals surface area contributed by atoms with Crippen molar-refractivity contribution in [3.8, 4) is 11.5 Å². The van der Waals surface area contributed by atoms with Gasteiger partial charge in [-0.05, 0) is 43.7 Å². The Bertz CT molecular complexity index is 801. The number of anilines is 1. The van der Waals surface area contributed by atoms with Crippen molar-refractivity contribution in [1.82, 2.24) is 4.90 Å². The zero-order chi connectivity index (χ0) is 15.9. The lowest BCUT2D eigenvalue weighted by Gasteiger charge is -2.39. The number of ether oxygens (including phenoxy) is 1. The van der Waals surface area contributed by atoms with Gasteiger partial charge in [-0.25, -0.2) is 0 Å². The molecule has 5 rings (SSSR count). The summed E-state index contributed by atoms with van der Waals surface area (Å²) < 4.78 is 6.16. The topological polar surface area (TPSA) is 28.1 Å². The Morgan fingerprint density at radius 2 is 1.88 bits per heavy atom. The van der Waals surface area contributed by atoms with Gasteiger partial charge < -0.3 is 9.64 Å². The second-order valence-corrected chi connectivity index (χ2v) is 6.79. The average Bonchev–Trinajstić information content (AvgIpc) is 3.00. The fourth-order valence-electron chi connectivity index (χ4n) is 4.14. The van der Waals surface area contributed by atoms with Crippen molar-refractivity contribution in [2.24, 2.45) is 4.99 Å². The molecule has 2 aromatic rings. The molecule has 3 aliphatic heterocycles. The number of piperazine rings is 1. The predicted octanol–water partition coefficient (Wildman–Crippen LogP) is 3.83. The molecule has 0 radical (unpaired) electrons. The van der Waals surface area contributed by atoms with Crippen LogP contribution in [-0.4, -0.2) is 43.3 Å². The number of fused-ring (bicyclic) bond motifs is 3. The van der Waals surface area contributed by atoms with Gasteiger partial charge >= 0.3 is 0 Å². The van der Waals surface area contributed by atoms with E-state index in [-0.39, 0.29) is 0 Å². The highest BCUT2D eigenvalue weighted by Gasteiger charge is 2.31. The number of hydrogen-bond donors (Lipinski definition) is 0. The molecular formula is C20H21N3O. The molecule has 4 heteroatoms. The molecule has 2 saturated heterocycles. The molecule has 1 atom stereocenters. The fraction of sp³-hybridized carbons (Fsp3) is 0.350. The first-order chi connectivity index (χ1) is 11.9. The average molecular weight is 319 g/mol. The molecule has 0 spiro atoms. The van der Waals surface area contributed by atoms with Crippen molar-refractivity contribution < 1.29 is 4.74 Å². The van der Waals surface area contributed by atoms with Crippen molar-refractivity contribution in [3.63, 3.8) is 0 Å². The summed E-state index contributed by atoms with van der Waals surface area (Å²) in [5.74, 6) is 1.72. The molecule has 3 aliphatic rings. The van der Waals surface area contributed by atoms with Crippen LogP contribution in [0.4, 0.5) is 11.4 Å².